The molecule has 0 spiro atoms. The fourth-order valence-electron chi connectivity index (χ4n) is 4.04. The van der Waals surface area contributed by atoms with Crippen LogP contribution in [0.1, 0.15) is 64.5 Å². The standard InChI is InChI=1S/C28H35N5O5S/c1-6-17-7-10-19(11-8-17)33(28(36)25-22(29)23(26(30)34)32-39-25)24(27(35)31-14-13-16(2)3)18-9-12-20(37-4)21(15-18)38-5/h7-12,15-16,24H,6,13-14,29H2,1-5H3,(H2,30,34)(H,31,35)/t24-/m1/s1. The highest BCUT2D eigenvalue weighted by atomic mass is 32.1. The number of primary amides is 1. The normalized spacial score (nSPS) is 11.6. The molecule has 11 heteroatoms. The predicted octanol–water partition coefficient (Wildman–Crippen LogP) is 3.95. The van der Waals surface area contributed by atoms with Crippen molar-refractivity contribution in [3.05, 3.63) is 64.2 Å². The van der Waals surface area contributed by atoms with E-state index in [1.54, 1.807) is 30.3 Å². The van der Waals surface area contributed by atoms with Gasteiger partial charge in [0, 0.05) is 12.2 Å². The molecule has 1 aromatic heterocycles. The number of amides is 3. The number of nitrogens with two attached hydrogens (primary N) is 2. The van der Waals surface area contributed by atoms with Gasteiger partial charge in [0.1, 0.15) is 10.9 Å². The maximum absolute atomic E-state index is 14.2. The second-order valence-electron chi connectivity index (χ2n) is 9.32. The molecular weight excluding hydrogens is 518 g/mol. The summed E-state index contributed by atoms with van der Waals surface area (Å²) >= 11 is 0.760. The number of nitrogens with zero attached hydrogens (tertiary/aromatic N) is 2. The van der Waals surface area contributed by atoms with Crippen LogP contribution in [0.4, 0.5) is 11.4 Å². The Bertz CT molecular complexity index is 1320. The fourth-order valence-corrected chi connectivity index (χ4v) is 4.78. The van der Waals surface area contributed by atoms with Crippen LogP contribution in [-0.4, -0.2) is 42.9 Å². The molecular formula is C28H35N5O5S. The number of nitrogen functional groups attached to an aromatic ring is 1. The Morgan fingerprint density at radius 1 is 1.05 bits per heavy atom. The van der Waals surface area contributed by atoms with E-state index in [9.17, 15) is 14.4 Å². The first-order valence-corrected chi connectivity index (χ1v) is 13.4. The Labute approximate surface area is 232 Å². The molecule has 0 saturated heterocycles. The van der Waals surface area contributed by atoms with Crippen LogP contribution in [0.15, 0.2) is 42.5 Å². The molecule has 3 aromatic rings. The third-order valence-electron chi connectivity index (χ3n) is 6.25. The first-order valence-electron chi connectivity index (χ1n) is 12.6. The molecule has 0 fully saturated rings. The average molecular weight is 554 g/mol. The van der Waals surface area contributed by atoms with Gasteiger partial charge in [-0.1, -0.05) is 39.0 Å². The molecule has 3 rings (SSSR count). The molecule has 39 heavy (non-hydrogen) atoms. The number of carbonyl (C=O) groups excluding carboxylic acids is 3. The summed E-state index contributed by atoms with van der Waals surface area (Å²) in [5, 5.41) is 2.97. The highest BCUT2D eigenvalue weighted by Crippen LogP contribution is 2.36. The molecule has 1 heterocycles. The summed E-state index contributed by atoms with van der Waals surface area (Å²) in [5.41, 5.74) is 13.2. The van der Waals surface area contributed by atoms with E-state index in [-0.39, 0.29) is 16.3 Å². The Balaban J connectivity index is 2.22. The van der Waals surface area contributed by atoms with E-state index in [4.69, 9.17) is 20.9 Å². The van der Waals surface area contributed by atoms with Crippen LogP contribution in [0.5, 0.6) is 11.5 Å². The zero-order valence-electron chi connectivity index (χ0n) is 22.8. The van der Waals surface area contributed by atoms with E-state index in [1.165, 1.54) is 19.1 Å². The van der Waals surface area contributed by atoms with Gasteiger partial charge in [0.15, 0.2) is 17.2 Å². The molecule has 0 unspecified atom stereocenters. The maximum Gasteiger partial charge on any atom is 0.273 e. The van der Waals surface area contributed by atoms with Gasteiger partial charge in [-0.25, -0.2) is 0 Å². The topological polar surface area (TPSA) is 150 Å². The van der Waals surface area contributed by atoms with Gasteiger partial charge in [-0.15, -0.1) is 0 Å². The summed E-state index contributed by atoms with van der Waals surface area (Å²) in [6.07, 6.45) is 1.56. The van der Waals surface area contributed by atoms with Crippen molar-refractivity contribution >= 4 is 40.6 Å². The van der Waals surface area contributed by atoms with Crippen LogP contribution >= 0.6 is 11.5 Å². The van der Waals surface area contributed by atoms with Crippen molar-refractivity contribution in [2.24, 2.45) is 11.7 Å². The lowest BCUT2D eigenvalue weighted by Crippen LogP contribution is -2.44. The van der Waals surface area contributed by atoms with Crippen molar-refractivity contribution in [1.82, 2.24) is 9.69 Å². The van der Waals surface area contributed by atoms with E-state index < -0.39 is 23.8 Å². The van der Waals surface area contributed by atoms with Gasteiger partial charge < -0.3 is 26.3 Å². The molecule has 0 radical (unpaired) electrons. The van der Waals surface area contributed by atoms with Gasteiger partial charge in [-0.2, -0.15) is 4.37 Å². The molecule has 0 aliphatic carbocycles. The highest BCUT2D eigenvalue weighted by molar-refractivity contribution is 7.09. The van der Waals surface area contributed by atoms with Crippen molar-refractivity contribution in [2.75, 3.05) is 31.4 Å². The zero-order valence-corrected chi connectivity index (χ0v) is 23.6. The van der Waals surface area contributed by atoms with Gasteiger partial charge in [-0.05, 0) is 65.7 Å². The maximum atomic E-state index is 14.2. The zero-order chi connectivity index (χ0) is 28.7. The number of carbonyl (C=O) groups is 3. The summed E-state index contributed by atoms with van der Waals surface area (Å²) in [6, 6.07) is 11.3. The number of anilines is 2. The Kier molecular flexibility index (Phi) is 9.89. The Hall–Kier alpha value is -4.12. The summed E-state index contributed by atoms with van der Waals surface area (Å²) in [7, 11) is 3.01. The Morgan fingerprint density at radius 2 is 1.72 bits per heavy atom. The SMILES string of the molecule is CCc1ccc(N(C(=O)c2snc(C(N)=O)c2N)[C@@H](C(=O)NCCC(C)C)c2ccc(OC)c(OC)c2)cc1. The molecule has 5 N–H and O–H groups in total. The van der Waals surface area contributed by atoms with E-state index in [0.29, 0.717) is 35.2 Å². The first kappa shape index (κ1) is 29.4. The molecule has 1 atom stereocenters. The molecule has 0 bridgehead atoms. The van der Waals surface area contributed by atoms with Gasteiger partial charge >= 0.3 is 0 Å². The van der Waals surface area contributed by atoms with E-state index >= 15 is 0 Å². The average Bonchev–Trinajstić information content (AvgIpc) is 3.32. The monoisotopic (exact) mass is 553 g/mol. The van der Waals surface area contributed by atoms with Crippen molar-refractivity contribution in [3.63, 3.8) is 0 Å². The van der Waals surface area contributed by atoms with Crippen molar-refractivity contribution in [3.8, 4) is 11.5 Å². The van der Waals surface area contributed by atoms with Crippen LogP contribution < -0.4 is 31.2 Å². The number of rotatable bonds is 12. The van der Waals surface area contributed by atoms with Crippen LogP contribution in [0.25, 0.3) is 0 Å². The summed E-state index contributed by atoms with van der Waals surface area (Å²) in [6.45, 7) is 6.57. The number of hydrogen-bond donors (Lipinski definition) is 3. The number of aryl methyl sites for hydroxylation is 1. The molecule has 2 aromatic carbocycles. The molecule has 10 nitrogen and oxygen atoms in total. The lowest BCUT2D eigenvalue weighted by Gasteiger charge is -2.32. The minimum absolute atomic E-state index is 0.00354. The summed E-state index contributed by atoms with van der Waals surface area (Å²) in [5.74, 6) is -0.590. The van der Waals surface area contributed by atoms with Crippen LogP contribution in [0.3, 0.4) is 0 Å². The van der Waals surface area contributed by atoms with Crippen LogP contribution in [-0.2, 0) is 11.2 Å². The molecule has 0 aliphatic heterocycles. The molecule has 3 amide bonds. The van der Waals surface area contributed by atoms with Crippen molar-refractivity contribution in [1.29, 1.82) is 0 Å². The van der Waals surface area contributed by atoms with Crippen molar-refractivity contribution < 1.29 is 23.9 Å². The van der Waals surface area contributed by atoms with Gasteiger partial charge in [0.2, 0.25) is 5.91 Å². The number of aromatic nitrogens is 1. The van der Waals surface area contributed by atoms with E-state index in [0.717, 1.165) is 29.9 Å². The quantitative estimate of drug-likeness (QED) is 0.307. The van der Waals surface area contributed by atoms with E-state index in [1.807, 2.05) is 19.1 Å². The number of nitrogens with one attached hydrogen (secondary N) is 1. The Morgan fingerprint density at radius 3 is 2.26 bits per heavy atom. The van der Waals surface area contributed by atoms with Gasteiger partial charge in [-0.3, -0.25) is 19.3 Å². The third kappa shape index (κ3) is 6.66. The molecule has 0 saturated carbocycles. The number of methoxy groups -OCH3 is 2. The second kappa shape index (κ2) is 13.1. The van der Waals surface area contributed by atoms with Gasteiger partial charge in [0.25, 0.3) is 11.8 Å². The fraction of sp³-hybridized carbons (Fsp3) is 0.357. The summed E-state index contributed by atoms with van der Waals surface area (Å²) < 4.78 is 14.9. The lowest BCUT2D eigenvalue weighted by atomic mass is 10.0. The van der Waals surface area contributed by atoms with Crippen molar-refractivity contribution in [2.45, 2.75) is 39.7 Å². The van der Waals surface area contributed by atoms with Crippen LogP contribution in [0, 0.1) is 5.92 Å². The third-order valence-corrected chi connectivity index (χ3v) is 7.10. The van der Waals surface area contributed by atoms with E-state index in [2.05, 4.69) is 23.5 Å². The number of ether oxygens (including phenoxy) is 2. The minimum atomic E-state index is -1.12. The predicted molar refractivity (Wildman–Crippen MR) is 152 cm³/mol. The smallest absolute Gasteiger partial charge is 0.273 e. The molecule has 0 aliphatic rings. The number of benzene rings is 2. The number of hydrogen-bond acceptors (Lipinski definition) is 8. The van der Waals surface area contributed by atoms with Gasteiger partial charge in [0.05, 0.1) is 19.9 Å². The van der Waals surface area contributed by atoms with Crippen LogP contribution in [0.2, 0.25) is 0 Å². The second-order valence-corrected chi connectivity index (χ2v) is 10.1. The highest BCUT2D eigenvalue weighted by Gasteiger charge is 2.36. The minimum Gasteiger partial charge on any atom is -0.493 e. The molecule has 208 valence electrons. The lowest BCUT2D eigenvalue weighted by molar-refractivity contribution is -0.122. The summed E-state index contributed by atoms with van der Waals surface area (Å²) in [4.78, 5) is 41.2. The largest absolute Gasteiger partial charge is 0.493 e. The first-order chi connectivity index (χ1) is 18.6.